The Bertz CT molecular complexity index is 505. The first kappa shape index (κ1) is 13.9. The van der Waals surface area contributed by atoms with Gasteiger partial charge in [0.1, 0.15) is 0 Å². The lowest BCUT2D eigenvalue weighted by Gasteiger charge is -2.08. The zero-order valence-electron chi connectivity index (χ0n) is 8.59. The van der Waals surface area contributed by atoms with Crippen LogP contribution in [0, 0.1) is 0 Å². The zero-order chi connectivity index (χ0) is 12.4. The molecule has 1 atom stereocenters. The van der Waals surface area contributed by atoms with Crippen LogP contribution in [0.2, 0.25) is 10.0 Å². The predicted molar refractivity (Wildman–Crippen MR) is 83.9 cm³/mol. The molecule has 0 fully saturated rings. The number of rotatable bonds is 3. The van der Waals surface area contributed by atoms with E-state index in [0.29, 0.717) is 0 Å². The molecule has 0 aliphatic heterocycles. The van der Waals surface area contributed by atoms with Crippen LogP contribution in [0.4, 0.5) is 0 Å². The first-order chi connectivity index (χ1) is 8.08. The van der Waals surface area contributed by atoms with Crippen LogP contribution in [0.1, 0.15) is 15.3 Å². The lowest BCUT2D eigenvalue weighted by atomic mass is 10.1. The zero-order valence-corrected chi connectivity index (χ0v) is 14.1. The summed E-state index contributed by atoms with van der Waals surface area (Å²) in [5.74, 6) is 0. The van der Waals surface area contributed by atoms with Crippen molar-refractivity contribution in [1.29, 1.82) is 0 Å². The second kappa shape index (κ2) is 6.07. The minimum Gasteiger partial charge on any atom is -0.130 e. The summed E-state index contributed by atoms with van der Waals surface area (Å²) >= 11 is 20.9. The molecule has 1 heterocycles. The van der Waals surface area contributed by atoms with Gasteiger partial charge < -0.3 is 0 Å². The molecule has 0 nitrogen and oxygen atoms in total. The fourth-order valence-electron chi connectivity index (χ4n) is 1.48. The first-order valence-electron chi connectivity index (χ1n) is 4.90. The van der Waals surface area contributed by atoms with E-state index in [-0.39, 0.29) is 4.83 Å². The Balaban J connectivity index is 2.17. The maximum atomic E-state index is 6.14. The smallest absolute Gasteiger partial charge is 0.0887 e. The van der Waals surface area contributed by atoms with Crippen molar-refractivity contribution in [1.82, 2.24) is 0 Å². The van der Waals surface area contributed by atoms with Gasteiger partial charge in [-0.25, -0.2) is 0 Å². The van der Waals surface area contributed by atoms with Crippen molar-refractivity contribution in [2.24, 2.45) is 0 Å². The Morgan fingerprint density at radius 1 is 1.18 bits per heavy atom. The van der Waals surface area contributed by atoms with Crippen LogP contribution in [-0.2, 0) is 6.42 Å². The molecule has 90 valence electrons. The maximum absolute atomic E-state index is 6.14. The Morgan fingerprint density at radius 2 is 1.88 bits per heavy atom. The summed E-state index contributed by atoms with van der Waals surface area (Å²) < 4.78 is 0.970. The molecule has 0 spiro atoms. The van der Waals surface area contributed by atoms with Gasteiger partial charge in [-0.2, -0.15) is 0 Å². The average molecular weight is 415 g/mol. The number of hydrogen-bond acceptors (Lipinski definition) is 1. The molecule has 0 amide bonds. The summed E-state index contributed by atoms with van der Waals surface area (Å²) in [6.45, 7) is 0. The van der Waals surface area contributed by atoms with Crippen molar-refractivity contribution in [3.63, 3.8) is 0 Å². The van der Waals surface area contributed by atoms with Gasteiger partial charge in [-0.1, -0.05) is 57.3 Å². The van der Waals surface area contributed by atoms with E-state index in [1.165, 1.54) is 4.88 Å². The van der Waals surface area contributed by atoms with Gasteiger partial charge in [0.2, 0.25) is 0 Å². The Labute approximate surface area is 131 Å². The highest BCUT2D eigenvalue weighted by Gasteiger charge is 2.14. The molecule has 17 heavy (non-hydrogen) atoms. The number of thiophene rings is 1. The van der Waals surface area contributed by atoms with Gasteiger partial charge in [0.25, 0.3) is 0 Å². The summed E-state index contributed by atoms with van der Waals surface area (Å²) in [5, 5.41) is 1.56. The summed E-state index contributed by atoms with van der Waals surface area (Å²) in [6, 6.07) is 9.87. The van der Waals surface area contributed by atoms with Crippen LogP contribution >= 0.6 is 66.4 Å². The first-order valence-corrected chi connectivity index (χ1v) is 8.18. The lowest BCUT2D eigenvalue weighted by molar-refractivity contribution is 0.970. The molecular formula is C12H8Br2Cl2S. The third-order valence-electron chi connectivity index (χ3n) is 2.33. The second-order valence-electron chi connectivity index (χ2n) is 3.53. The molecule has 2 rings (SSSR count). The Morgan fingerprint density at radius 3 is 2.47 bits per heavy atom. The van der Waals surface area contributed by atoms with E-state index in [2.05, 4.69) is 31.9 Å². The Hall–Kier alpha value is 0.460. The molecular weight excluding hydrogens is 407 g/mol. The summed E-state index contributed by atoms with van der Waals surface area (Å²) in [6.07, 6.45) is 0.850. The van der Waals surface area contributed by atoms with Crippen molar-refractivity contribution in [3.8, 4) is 0 Å². The molecule has 2 aromatic rings. The standard InChI is InChI=1S/C12H8Br2Cl2S/c13-8(11-6-10(16)12(14)17-11)5-7-3-1-2-4-9(7)15/h1-4,6,8H,5H2. The van der Waals surface area contributed by atoms with Crippen molar-refractivity contribution >= 4 is 66.4 Å². The molecule has 0 aliphatic carbocycles. The van der Waals surface area contributed by atoms with Crippen LogP contribution in [-0.4, -0.2) is 0 Å². The summed E-state index contributed by atoms with van der Waals surface area (Å²) in [7, 11) is 0. The SMILES string of the molecule is Clc1ccccc1CC(Br)c1cc(Cl)c(Br)s1. The lowest BCUT2D eigenvalue weighted by Crippen LogP contribution is -1.93. The van der Waals surface area contributed by atoms with Crippen molar-refractivity contribution < 1.29 is 0 Å². The number of benzene rings is 1. The molecule has 1 aromatic heterocycles. The highest BCUT2D eigenvalue weighted by atomic mass is 79.9. The molecule has 1 aromatic carbocycles. The van der Waals surface area contributed by atoms with E-state index in [9.17, 15) is 0 Å². The van der Waals surface area contributed by atoms with Gasteiger partial charge in [0.05, 0.1) is 13.6 Å². The van der Waals surface area contributed by atoms with Crippen molar-refractivity contribution in [2.45, 2.75) is 11.2 Å². The molecule has 0 saturated carbocycles. The maximum Gasteiger partial charge on any atom is 0.0887 e. The van der Waals surface area contributed by atoms with E-state index in [1.54, 1.807) is 11.3 Å². The fraction of sp³-hybridized carbons (Fsp3) is 0.167. The molecule has 0 aliphatic rings. The number of hydrogen-bond donors (Lipinski definition) is 0. The number of alkyl halides is 1. The molecule has 0 saturated heterocycles. The monoisotopic (exact) mass is 412 g/mol. The molecule has 0 N–H and O–H groups in total. The highest BCUT2D eigenvalue weighted by Crippen LogP contribution is 2.40. The molecule has 0 radical (unpaired) electrons. The van der Waals surface area contributed by atoms with E-state index < -0.39 is 0 Å². The molecule has 5 heteroatoms. The minimum atomic E-state index is 0.233. The summed E-state index contributed by atoms with van der Waals surface area (Å²) in [4.78, 5) is 1.43. The van der Waals surface area contributed by atoms with E-state index in [1.807, 2.05) is 30.3 Å². The normalized spacial score (nSPS) is 12.7. The molecule has 1 unspecified atom stereocenters. The van der Waals surface area contributed by atoms with Crippen molar-refractivity contribution in [2.75, 3.05) is 0 Å². The van der Waals surface area contributed by atoms with Gasteiger partial charge in [-0.3, -0.25) is 0 Å². The van der Waals surface area contributed by atoms with E-state index in [4.69, 9.17) is 23.2 Å². The fourth-order valence-corrected chi connectivity index (χ4v) is 4.17. The van der Waals surface area contributed by atoms with Crippen LogP contribution < -0.4 is 0 Å². The largest absolute Gasteiger partial charge is 0.130 e. The van der Waals surface area contributed by atoms with Gasteiger partial charge in [-0.15, -0.1) is 11.3 Å². The van der Waals surface area contributed by atoms with Gasteiger partial charge in [-0.05, 0) is 40.0 Å². The van der Waals surface area contributed by atoms with Crippen LogP contribution in [0.5, 0.6) is 0 Å². The van der Waals surface area contributed by atoms with Gasteiger partial charge in [0, 0.05) is 9.90 Å². The van der Waals surface area contributed by atoms with Gasteiger partial charge >= 0.3 is 0 Å². The average Bonchev–Trinajstić information content (AvgIpc) is 2.63. The van der Waals surface area contributed by atoms with Crippen molar-refractivity contribution in [3.05, 3.63) is 54.6 Å². The van der Waals surface area contributed by atoms with Crippen LogP contribution in [0.25, 0.3) is 0 Å². The minimum absolute atomic E-state index is 0.233. The van der Waals surface area contributed by atoms with E-state index >= 15 is 0 Å². The highest BCUT2D eigenvalue weighted by molar-refractivity contribution is 9.11. The predicted octanol–water partition coefficient (Wildman–Crippen LogP) is 6.50. The second-order valence-corrected chi connectivity index (χ2v) is 7.85. The summed E-state index contributed by atoms with van der Waals surface area (Å²) in [5.41, 5.74) is 1.14. The topological polar surface area (TPSA) is 0 Å². The third-order valence-corrected chi connectivity index (χ3v) is 6.41. The number of halogens is 4. The van der Waals surface area contributed by atoms with Crippen LogP contribution in [0.3, 0.4) is 0 Å². The Kier molecular flexibility index (Phi) is 4.96. The molecule has 0 bridgehead atoms. The quantitative estimate of drug-likeness (QED) is 0.503. The van der Waals surface area contributed by atoms with Gasteiger partial charge in [0.15, 0.2) is 0 Å². The third kappa shape index (κ3) is 3.48. The van der Waals surface area contributed by atoms with Crippen LogP contribution in [0.15, 0.2) is 34.1 Å². The van der Waals surface area contributed by atoms with E-state index in [0.717, 1.165) is 25.8 Å².